The minimum absolute atomic E-state index is 0.120. The summed E-state index contributed by atoms with van der Waals surface area (Å²) in [4.78, 5) is 12.3. The zero-order valence-electron chi connectivity index (χ0n) is 20.4. The van der Waals surface area contributed by atoms with Crippen molar-refractivity contribution >= 4 is 22.6 Å². The normalized spacial score (nSPS) is 17.7. The summed E-state index contributed by atoms with van der Waals surface area (Å²) < 4.78 is 8.36. The molecule has 6 rings (SSSR count). The smallest absolute Gasteiger partial charge is 0.319 e. The van der Waals surface area contributed by atoms with Crippen LogP contribution < -0.4 is 15.4 Å². The largest absolute Gasteiger partial charge is 0.494 e. The van der Waals surface area contributed by atoms with E-state index in [1.807, 2.05) is 19.1 Å². The van der Waals surface area contributed by atoms with E-state index in [0.29, 0.717) is 24.6 Å². The summed E-state index contributed by atoms with van der Waals surface area (Å²) in [7, 11) is 0. The van der Waals surface area contributed by atoms with E-state index < -0.39 is 0 Å². The fourth-order valence-electron chi connectivity index (χ4n) is 5.00. The van der Waals surface area contributed by atoms with Gasteiger partial charge in [-0.2, -0.15) is 0 Å². The molecular weight excluding hydrogens is 434 g/mol. The number of hydrogen-bond donors (Lipinski definition) is 2. The third-order valence-electron chi connectivity index (χ3n) is 7.56. The van der Waals surface area contributed by atoms with Crippen molar-refractivity contribution in [2.45, 2.75) is 70.4 Å². The quantitative estimate of drug-likeness (QED) is 0.389. The Bertz CT molecular complexity index is 1300. The Labute approximate surface area is 207 Å². The second-order valence-corrected chi connectivity index (χ2v) is 10.1. The average Bonchev–Trinajstić information content (AvgIpc) is 3.58. The van der Waals surface area contributed by atoms with Crippen molar-refractivity contribution < 1.29 is 9.53 Å². The second kappa shape index (κ2) is 9.34. The molecule has 3 aromatic rings. The number of nitrogens with zero attached hydrogens (tertiary/aromatic N) is 1. The molecule has 0 atom stereocenters. The van der Waals surface area contributed by atoms with Crippen LogP contribution in [0.25, 0.3) is 22.2 Å². The first-order valence-corrected chi connectivity index (χ1v) is 13.2. The molecule has 0 radical (unpaired) electrons. The highest BCUT2D eigenvalue weighted by Gasteiger charge is 2.28. The molecule has 3 fully saturated rings. The van der Waals surface area contributed by atoms with Crippen LogP contribution in [-0.4, -0.2) is 23.2 Å². The van der Waals surface area contributed by atoms with E-state index in [1.165, 1.54) is 55.1 Å². The third-order valence-corrected chi connectivity index (χ3v) is 7.56. The van der Waals surface area contributed by atoms with E-state index >= 15 is 0 Å². The summed E-state index contributed by atoms with van der Waals surface area (Å²) in [5, 5.41) is 7.23. The van der Waals surface area contributed by atoms with Crippen LogP contribution in [0.5, 0.6) is 5.75 Å². The topological polar surface area (TPSA) is 55.3 Å². The summed E-state index contributed by atoms with van der Waals surface area (Å²) in [6, 6.07) is 15.3. The van der Waals surface area contributed by atoms with Gasteiger partial charge in [-0.1, -0.05) is 24.0 Å². The van der Waals surface area contributed by atoms with Crippen molar-refractivity contribution in [3.05, 3.63) is 48.0 Å². The highest BCUT2D eigenvalue weighted by Crippen LogP contribution is 2.43. The average molecular weight is 468 g/mol. The number of hydrogen-bond acceptors (Lipinski definition) is 2. The number of fused-ring (bicyclic) bond motifs is 1. The van der Waals surface area contributed by atoms with Gasteiger partial charge >= 0.3 is 6.03 Å². The molecule has 5 heteroatoms. The molecule has 1 aromatic heterocycles. The number of nitrogens with one attached hydrogen (secondary N) is 2. The van der Waals surface area contributed by atoms with Crippen molar-refractivity contribution in [2.75, 3.05) is 11.9 Å². The minimum atomic E-state index is -0.120. The molecule has 3 aliphatic carbocycles. The monoisotopic (exact) mass is 467 g/mol. The van der Waals surface area contributed by atoms with Crippen molar-refractivity contribution in [2.24, 2.45) is 5.92 Å². The lowest BCUT2D eigenvalue weighted by atomic mass is 9.92. The first-order chi connectivity index (χ1) is 17.2. The Morgan fingerprint density at radius 3 is 2.43 bits per heavy atom. The summed E-state index contributed by atoms with van der Waals surface area (Å²) in [6.45, 7) is 2.68. The predicted octanol–water partition coefficient (Wildman–Crippen LogP) is 6.87. The standard InChI is InChI=1S/C30H33N3O2/c1-2-35-25-16-18-26-27(17-11-20-9-10-20)29(33(28(26)19-25)24-7-4-8-24)21-12-14-23(15-13-21)32-30(34)31-22-5-3-6-22/h12-16,18-20,22,24H,2-10H2,1H3,(H2,31,32,34). The molecule has 5 nitrogen and oxygen atoms in total. The fourth-order valence-corrected chi connectivity index (χ4v) is 5.00. The van der Waals surface area contributed by atoms with Gasteiger partial charge in [0.25, 0.3) is 0 Å². The molecule has 2 aromatic carbocycles. The Morgan fingerprint density at radius 1 is 1.03 bits per heavy atom. The highest BCUT2D eigenvalue weighted by atomic mass is 16.5. The van der Waals surface area contributed by atoms with E-state index in [9.17, 15) is 4.79 Å². The maximum absolute atomic E-state index is 12.3. The lowest BCUT2D eigenvalue weighted by molar-refractivity contribution is 0.240. The summed E-state index contributed by atoms with van der Waals surface area (Å²) in [6.07, 6.45) is 9.41. The van der Waals surface area contributed by atoms with Gasteiger partial charge in [0, 0.05) is 35.1 Å². The molecule has 2 amide bonds. The molecule has 0 spiro atoms. The van der Waals surface area contributed by atoms with Gasteiger partial charge in [-0.3, -0.25) is 0 Å². The van der Waals surface area contributed by atoms with E-state index in [1.54, 1.807) is 0 Å². The number of carbonyl (C=O) groups excluding carboxylic acids is 1. The van der Waals surface area contributed by atoms with E-state index in [4.69, 9.17) is 4.74 Å². The molecule has 0 unspecified atom stereocenters. The van der Waals surface area contributed by atoms with Crippen LogP contribution in [0.15, 0.2) is 42.5 Å². The van der Waals surface area contributed by atoms with Gasteiger partial charge < -0.3 is 19.9 Å². The van der Waals surface area contributed by atoms with Crippen molar-refractivity contribution in [1.29, 1.82) is 0 Å². The van der Waals surface area contributed by atoms with Gasteiger partial charge in [0.05, 0.1) is 23.4 Å². The van der Waals surface area contributed by atoms with Crippen LogP contribution in [0.2, 0.25) is 0 Å². The Kier molecular flexibility index (Phi) is 5.90. The molecule has 180 valence electrons. The summed E-state index contributed by atoms with van der Waals surface area (Å²) >= 11 is 0. The Hall–Kier alpha value is -3.39. The van der Waals surface area contributed by atoms with E-state index in [0.717, 1.165) is 35.4 Å². The van der Waals surface area contributed by atoms with Crippen LogP contribution in [0.4, 0.5) is 10.5 Å². The zero-order chi connectivity index (χ0) is 23.8. The van der Waals surface area contributed by atoms with Gasteiger partial charge in [-0.15, -0.1) is 0 Å². The number of aromatic nitrogens is 1. The van der Waals surface area contributed by atoms with Gasteiger partial charge in [0.15, 0.2) is 0 Å². The van der Waals surface area contributed by atoms with Crippen LogP contribution in [0.1, 0.15) is 69.9 Å². The summed E-state index contributed by atoms with van der Waals surface area (Å²) in [5.41, 5.74) is 5.46. The number of carbonyl (C=O) groups is 1. The maximum atomic E-state index is 12.3. The molecule has 0 bridgehead atoms. The van der Waals surface area contributed by atoms with Crippen LogP contribution in [0.3, 0.4) is 0 Å². The number of amides is 2. The molecule has 2 N–H and O–H groups in total. The van der Waals surface area contributed by atoms with Crippen molar-refractivity contribution in [3.8, 4) is 28.8 Å². The lowest BCUT2D eigenvalue weighted by Crippen LogP contribution is -2.41. The molecular formula is C30H33N3O2. The van der Waals surface area contributed by atoms with Gasteiger partial charge in [0.1, 0.15) is 5.75 Å². The van der Waals surface area contributed by atoms with Crippen LogP contribution in [-0.2, 0) is 0 Å². The van der Waals surface area contributed by atoms with Crippen molar-refractivity contribution in [3.63, 3.8) is 0 Å². The molecule has 3 saturated carbocycles. The first kappa shape index (κ1) is 22.1. The van der Waals surface area contributed by atoms with Crippen LogP contribution in [0, 0.1) is 17.8 Å². The lowest BCUT2D eigenvalue weighted by Gasteiger charge is -2.30. The van der Waals surface area contributed by atoms with Gasteiger partial charge in [-0.05, 0) is 88.1 Å². The van der Waals surface area contributed by atoms with Crippen LogP contribution >= 0.6 is 0 Å². The molecule has 3 aliphatic rings. The molecule has 35 heavy (non-hydrogen) atoms. The van der Waals surface area contributed by atoms with Crippen molar-refractivity contribution in [1.82, 2.24) is 9.88 Å². The number of benzene rings is 2. The number of ether oxygens (including phenoxy) is 1. The third kappa shape index (κ3) is 4.50. The SMILES string of the molecule is CCOc1ccc2c(C#CC3CC3)c(-c3ccc(NC(=O)NC4CCC4)cc3)n(C3CCC3)c2c1. The number of urea groups is 1. The predicted molar refractivity (Wildman–Crippen MR) is 141 cm³/mol. The Balaban J connectivity index is 1.40. The molecule has 0 aliphatic heterocycles. The number of anilines is 1. The fraction of sp³-hybridized carbons (Fsp3) is 0.433. The highest BCUT2D eigenvalue weighted by molar-refractivity contribution is 5.96. The first-order valence-electron chi connectivity index (χ1n) is 13.2. The van der Waals surface area contributed by atoms with Gasteiger partial charge in [-0.25, -0.2) is 4.79 Å². The molecule has 1 heterocycles. The second-order valence-electron chi connectivity index (χ2n) is 10.1. The van der Waals surface area contributed by atoms with E-state index in [2.05, 4.69) is 57.4 Å². The maximum Gasteiger partial charge on any atom is 0.319 e. The zero-order valence-corrected chi connectivity index (χ0v) is 20.4. The minimum Gasteiger partial charge on any atom is -0.494 e. The Morgan fingerprint density at radius 2 is 1.80 bits per heavy atom. The summed E-state index contributed by atoms with van der Waals surface area (Å²) in [5.74, 6) is 8.53. The number of rotatable bonds is 6. The van der Waals surface area contributed by atoms with Gasteiger partial charge in [0.2, 0.25) is 0 Å². The molecule has 0 saturated heterocycles. The van der Waals surface area contributed by atoms with E-state index in [-0.39, 0.29) is 6.03 Å².